The number of aliphatic hydroxyl groups excluding tert-OH is 1. The number of aromatic nitrogens is 2. The van der Waals surface area contributed by atoms with Crippen molar-refractivity contribution in [2.45, 2.75) is 64.3 Å². The minimum Gasteiger partial charge on any atom is -0.387 e. The number of hydrogen-bond donors (Lipinski definition) is 2. The molecule has 1 heterocycles. The molecule has 0 unspecified atom stereocenters. The molecule has 0 saturated heterocycles. The van der Waals surface area contributed by atoms with Crippen LogP contribution in [0.5, 0.6) is 0 Å². The smallest absolute Gasteiger partial charge is 0.318 e. The number of amides is 2. The van der Waals surface area contributed by atoms with Gasteiger partial charge in [-0.3, -0.25) is 4.68 Å². The van der Waals surface area contributed by atoms with Crippen molar-refractivity contribution in [1.82, 2.24) is 20.0 Å². The summed E-state index contributed by atoms with van der Waals surface area (Å²) in [6, 6.07) is 9.64. The van der Waals surface area contributed by atoms with E-state index in [-0.39, 0.29) is 12.1 Å². The first-order valence-corrected chi connectivity index (χ1v) is 9.96. The maximum Gasteiger partial charge on any atom is 0.318 e. The predicted molar refractivity (Wildman–Crippen MR) is 105 cm³/mol. The third-order valence-corrected chi connectivity index (χ3v) is 5.28. The lowest BCUT2D eigenvalue weighted by Gasteiger charge is -2.35. The Kier molecular flexibility index (Phi) is 6.87. The number of carbonyl (C=O) groups excluding carboxylic acids is 1. The van der Waals surface area contributed by atoms with E-state index < -0.39 is 6.10 Å². The minimum atomic E-state index is -0.679. The van der Waals surface area contributed by atoms with Crippen LogP contribution in [0.4, 0.5) is 4.79 Å². The molecule has 146 valence electrons. The molecule has 1 aliphatic rings. The van der Waals surface area contributed by atoms with Gasteiger partial charge in [-0.2, -0.15) is 5.10 Å². The fourth-order valence-electron chi connectivity index (χ4n) is 3.71. The van der Waals surface area contributed by atoms with Gasteiger partial charge < -0.3 is 15.3 Å². The second-order valence-corrected chi connectivity index (χ2v) is 7.23. The van der Waals surface area contributed by atoms with Gasteiger partial charge in [-0.1, -0.05) is 49.6 Å². The van der Waals surface area contributed by atoms with E-state index in [1.165, 1.54) is 6.42 Å². The van der Waals surface area contributed by atoms with Crippen LogP contribution in [0.15, 0.2) is 42.7 Å². The number of urea groups is 1. The van der Waals surface area contributed by atoms with Crippen molar-refractivity contribution in [2.24, 2.45) is 0 Å². The molecule has 1 aromatic carbocycles. The van der Waals surface area contributed by atoms with Crippen LogP contribution < -0.4 is 5.32 Å². The lowest BCUT2D eigenvalue weighted by Crippen LogP contribution is -2.48. The van der Waals surface area contributed by atoms with E-state index in [4.69, 9.17) is 0 Å². The molecule has 1 fully saturated rings. The summed E-state index contributed by atoms with van der Waals surface area (Å²) in [4.78, 5) is 14.8. The van der Waals surface area contributed by atoms with Gasteiger partial charge in [-0.05, 0) is 25.3 Å². The Bertz CT molecular complexity index is 710. The molecule has 0 aliphatic heterocycles. The SMILES string of the molecule is CCn1cc(CNC(=O)N(C[C@H](O)c2ccccc2)C2CCCCC2)cn1. The first-order chi connectivity index (χ1) is 13.2. The maximum absolute atomic E-state index is 12.9. The average Bonchev–Trinajstić information content (AvgIpc) is 3.19. The quantitative estimate of drug-likeness (QED) is 0.784. The molecule has 27 heavy (non-hydrogen) atoms. The Hall–Kier alpha value is -2.34. The molecule has 1 atom stereocenters. The Balaban J connectivity index is 1.65. The van der Waals surface area contributed by atoms with Crippen LogP contribution in [0, 0.1) is 0 Å². The summed E-state index contributed by atoms with van der Waals surface area (Å²) in [6.07, 6.45) is 8.56. The van der Waals surface area contributed by atoms with Gasteiger partial charge in [0.15, 0.2) is 0 Å². The van der Waals surface area contributed by atoms with Crippen LogP contribution in [0.3, 0.4) is 0 Å². The Morgan fingerprint density at radius 1 is 1.30 bits per heavy atom. The summed E-state index contributed by atoms with van der Waals surface area (Å²) >= 11 is 0. The van der Waals surface area contributed by atoms with Gasteiger partial charge in [0.1, 0.15) is 0 Å². The van der Waals surface area contributed by atoms with Crippen molar-refractivity contribution in [2.75, 3.05) is 6.54 Å². The van der Waals surface area contributed by atoms with E-state index in [1.807, 2.05) is 53.0 Å². The highest BCUT2D eigenvalue weighted by Crippen LogP contribution is 2.25. The topological polar surface area (TPSA) is 70.4 Å². The highest BCUT2D eigenvalue weighted by Gasteiger charge is 2.27. The highest BCUT2D eigenvalue weighted by atomic mass is 16.3. The van der Waals surface area contributed by atoms with E-state index in [0.717, 1.165) is 43.4 Å². The summed E-state index contributed by atoms with van der Waals surface area (Å²) in [5.74, 6) is 0. The second-order valence-electron chi connectivity index (χ2n) is 7.23. The summed E-state index contributed by atoms with van der Waals surface area (Å²) < 4.78 is 1.85. The molecule has 0 radical (unpaired) electrons. The van der Waals surface area contributed by atoms with Gasteiger partial charge in [0.25, 0.3) is 0 Å². The average molecular weight is 370 g/mol. The molecule has 6 heteroatoms. The number of carbonyl (C=O) groups is 1. The first kappa shape index (κ1) is 19.4. The highest BCUT2D eigenvalue weighted by molar-refractivity contribution is 5.74. The van der Waals surface area contributed by atoms with Gasteiger partial charge in [-0.15, -0.1) is 0 Å². The number of hydrogen-bond acceptors (Lipinski definition) is 3. The van der Waals surface area contributed by atoms with Crippen LogP contribution in [0.2, 0.25) is 0 Å². The van der Waals surface area contributed by atoms with Crippen LogP contribution in [-0.2, 0) is 13.1 Å². The van der Waals surface area contributed by atoms with Gasteiger partial charge >= 0.3 is 6.03 Å². The molecule has 3 rings (SSSR count). The lowest BCUT2D eigenvalue weighted by atomic mass is 9.94. The Morgan fingerprint density at radius 2 is 2.04 bits per heavy atom. The predicted octanol–water partition coefficient (Wildman–Crippen LogP) is 3.48. The number of rotatable bonds is 7. The Labute approximate surface area is 161 Å². The van der Waals surface area contributed by atoms with E-state index >= 15 is 0 Å². The fourth-order valence-corrected chi connectivity index (χ4v) is 3.71. The number of aliphatic hydroxyl groups is 1. The molecule has 2 amide bonds. The van der Waals surface area contributed by atoms with E-state index in [0.29, 0.717) is 13.1 Å². The van der Waals surface area contributed by atoms with Crippen LogP contribution in [-0.4, -0.2) is 38.4 Å². The van der Waals surface area contributed by atoms with Crippen LogP contribution >= 0.6 is 0 Å². The van der Waals surface area contributed by atoms with Crippen molar-refractivity contribution in [3.8, 4) is 0 Å². The minimum absolute atomic E-state index is 0.110. The standard InChI is InChI=1S/C21H30N4O2/c1-2-24-15-17(14-23-24)13-22-21(27)25(19-11-7-4-8-12-19)16-20(26)18-9-5-3-6-10-18/h3,5-6,9-10,14-15,19-20,26H,2,4,7-8,11-13,16H2,1H3,(H,22,27)/t20-/m0/s1. The molecular formula is C21H30N4O2. The van der Waals surface area contributed by atoms with Crippen molar-refractivity contribution in [3.63, 3.8) is 0 Å². The zero-order valence-corrected chi connectivity index (χ0v) is 16.1. The third-order valence-electron chi connectivity index (χ3n) is 5.28. The van der Waals surface area contributed by atoms with Gasteiger partial charge in [0.05, 0.1) is 18.8 Å². The lowest BCUT2D eigenvalue weighted by molar-refractivity contribution is 0.0900. The molecule has 1 aromatic heterocycles. The second kappa shape index (κ2) is 9.55. The van der Waals surface area contributed by atoms with E-state index in [1.54, 1.807) is 6.20 Å². The monoisotopic (exact) mass is 370 g/mol. The summed E-state index contributed by atoms with van der Waals surface area (Å²) in [5, 5.41) is 17.9. The molecular weight excluding hydrogens is 340 g/mol. The number of benzene rings is 1. The van der Waals surface area contributed by atoms with Crippen LogP contribution in [0.1, 0.15) is 56.3 Å². The molecule has 1 saturated carbocycles. The van der Waals surface area contributed by atoms with Crippen molar-refractivity contribution in [1.29, 1.82) is 0 Å². The first-order valence-electron chi connectivity index (χ1n) is 9.96. The van der Waals surface area contributed by atoms with E-state index in [9.17, 15) is 9.90 Å². The molecule has 1 aliphatic carbocycles. The third kappa shape index (κ3) is 5.32. The van der Waals surface area contributed by atoms with Gasteiger partial charge in [0.2, 0.25) is 0 Å². The van der Waals surface area contributed by atoms with Gasteiger partial charge in [-0.25, -0.2) is 4.79 Å². The molecule has 6 nitrogen and oxygen atoms in total. The number of aryl methyl sites for hydroxylation is 1. The maximum atomic E-state index is 12.9. The largest absolute Gasteiger partial charge is 0.387 e. The zero-order chi connectivity index (χ0) is 19.1. The zero-order valence-electron chi connectivity index (χ0n) is 16.1. The van der Waals surface area contributed by atoms with Crippen molar-refractivity contribution >= 4 is 6.03 Å². The molecule has 0 spiro atoms. The molecule has 2 aromatic rings. The van der Waals surface area contributed by atoms with E-state index in [2.05, 4.69) is 10.4 Å². The van der Waals surface area contributed by atoms with Gasteiger partial charge in [0, 0.05) is 30.9 Å². The van der Waals surface area contributed by atoms with Crippen molar-refractivity contribution in [3.05, 3.63) is 53.9 Å². The molecule has 0 bridgehead atoms. The fraction of sp³-hybridized carbons (Fsp3) is 0.524. The summed E-state index contributed by atoms with van der Waals surface area (Å²) in [6.45, 7) is 3.61. The van der Waals surface area contributed by atoms with Crippen LogP contribution in [0.25, 0.3) is 0 Å². The van der Waals surface area contributed by atoms with Crippen molar-refractivity contribution < 1.29 is 9.90 Å². The summed E-state index contributed by atoms with van der Waals surface area (Å²) in [7, 11) is 0. The number of nitrogens with zero attached hydrogens (tertiary/aromatic N) is 3. The summed E-state index contributed by atoms with van der Waals surface area (Å²) in [5.41, 5.74) is 1.83. The molecule has 2 N–H and O–H groups in total. The Morgan fingerprint density at radius 3 is 2.70 bits per heavy atom. The normalized spacial score (nSPS) is 16.1. The number of nitrogens with one attached hydrogen (secondary N) is 1.